The SMILES string of the molecule is Cc1ccc(OC2CCC2)c(C2(C(C)N)CC2)c1. The first kappa shape index (κ1) is 12.0. The molecule has 0 aliphatic heterocycles. The molecule has 3 rings (SSSR count). The van der Waals surface area contributed by atoms with E-state index in [1.165, 1.54) is 43.2 Å². The number of aryl methyl sites for hydroxylation is 1. The monoisotopic (exact) mass is 245 g/mol. The Morgan fingerprint density at radius 1 is 1.33 bits per heavy atom. The van der Waals surface area contributed by atoms with E-state index in [-0.39, 0.29) is 11.5 Å². The smallest absolute Gasteiger partial charge is 0.123 e. The molecule has 98 valence electrons. The van der Waals surface area contributed by atoms with Crippen molar-refractivity contribution < 1.29 is 4.74 Å². The molecule has 1 aromatic rings. The second-order valence-electron chi connectivity index (χ2n) is 6.12. The fraction of sp³-hybridized carbons (Fsp3) is 0.625. The highest BCUT2D eigenvalue weighted by molar-refractivity contribution is 5.46. The van der Waals surface area contributed by atoms with E-state index < -0.39 is 0 Å². The molecule has 2 N–H and O–H groups in total. The second-order valence-corrected chi connectivity index (χ2v) is 6.12. The summed E-state index contributed by atoms with van der Waals surface area (Å²) >= 11 is 0. The summed E-state index contributed by atoms with van der Waals surface area (Å²) in [5.74, 6) is 1.08. The van der Waals surface area contributed by atoms with Crippen LogP contribution < -0.4 is 10.5 Å². The van der Waals surface area contributed by atoms with E-state index in [0.29, 0.717) is 6.10 Å². The summed E-state index contributed by atoms with van der Waals surface area (Å²) in [5, 5.41) is 0. The Labute approximate surface area is 110 Å². The van der Waals surface area contributed by atoms with Gasteiger partial charge in [-0.3, -0.25) is 0 Å². The molecule has 0 aromatic heterocycles. The van der Waals surface area contributed by atoms with Crippen molar-refractivity contribution in [2.45, 2.75) is 63.5 Å². The maximum atomic E-state index is 6.21. The van der Waals surface area contributed by atoms with Crippen molar-refractivity contribution in [1.82, 2.24) is 0 Å². The first-order valence-electron chi connectivity index (χ1n) is 7.15. The number of ether oxygens (including phenoxy) is 1. The van der Waals surface area contributed by atoms with Crippen LogP contribution in [0.4, 0.5) is 0 Å². The number of rotatable bonds is 4. The highest BCUT2D eigenvalue weighted by Gasteiger charge is 2.49. The van der Waals surface area contributed by atoms with Crippen LogP contribution in [-0.4, -0.2) is 12.1 Å². The molecule has 0 saturated heterocycles. The summed E-state index contributed by atoms with van der Waals surface area (Å²) in [6, 6.07) is 6.79. The Bertz CT molecular complexity index is 444. The van der Waals surface area contributed by atoms with E-state index in [2.05, 4.69) is 32.0 Å². The zero-order valence-corrected chi connectivity index (χ0v) is 11.4. The molecule has 0 bridgehead atoms. The van der Waals surface area contributed by atoms with Crippen molar-refractivity contribution in [2.75, 3.05) is 0 Å². The minimum atomic E-state index is 0.186. The molecule has 0 spiro atoms. The van der Waals surface area contributed by atoms with Crippen molar-refractivity contribution >= 4 is 0 Å². The van der Waals surface area contributed by atoms with Crippen LogP contribution in [0.3, 0.4) is 0 Å². The average molecular weight is 245 g/mol. The van der Waals surface area contributed by atoms with Crippen molar-refractivity contribution in [1.29, 1.82) is 0 Å². The molecule has 0 heterocycles. The zero-order chi connectivity index (χ0) is 12.8. The van der Waals surface area contributed by atoms with Crippen molar-refractivity contribution in [3.8, 4) is 5.75 Å². The van der Waals surface area contributed by atoms with E-state index in [0.717, 1.165) is 5.75 Å². The predicted octanol–water partition coefficient (Wildman–Crippen LogP) is 3.31. The zero-order valence-electron chi connectivity index (χ0n) is 11.4. The van der Waals surface area contributed by atoms with Gasteiger partial charge in [-0.25, -0.2) is 0 Å². The van der Waals surface area contributed by atoms with Gasteiger partial charge >= 0.3 is 0 Å². The van der Waals surface area contributed by atoms with Crippen molar-refractivity contribution in [2.24, 2.45) is 5.73 Å². The molecule has 2 fully saturated rings. The van der Waals surface area contributed by atoms with Crippen molar-refractivity contribution in [3.63, 3.8) is 0 Å². The van der Waals surface area contributed by atoms with Crippen LogP contribution in [0.25, 0.3) is 0 Å². The lowest BCUT2D eigenvalue weighted by Crippen LogP contribution is -2.33. The largest absolute Gasteiger partial charge is 0.490 e. The molecule has 0 radical (unpaired) electrons. The number of benzene rings is 1. The van der Waals surface area contributed by atoms with Gasteiger partial charge in [0.25, 0.3) is 0 Å². The lowest BCUT2D eigenvalue weighted by Gasteiger charge is -2.30. The third-order valence-corrected chi connectivity index (χ3v) is 4.68. The standard InChI is InChI=1S/C16H23NO/c1-11-6-7-15(18-13-4-3-5-13)14(10-11)16(8-9-16)12(2)17/h6-7,10,12-13H,3-5,8-9,17H2,1-2H3. The van der Waals surface area contributed by atoms with E-state index in [1.807, 2.05) is 0 Å². The topological polar surface area (TPSA) is 35.2 Å². The molecule has 1 unspecified atom stereocenters. The van der Waals surface area contributed by atoms with Gasteiger partial charge < -0.3 is 10.5 Å². The van der Waals surface area contributed by atoms with Gasteiger partial charge in [-0.15, -0.1) is 0 Å². The predicted molar refractivity (Wildman–Crippen MR) is 74.0 cm³/mol. The fourth-order valence-corrected chi connectivity index (χ4v) is 2.91. The van der Waals surface area contributed by atoms with E-state index in [4.69, 9.17) is 10.5 Å². The van der Waals surface area contributed by atoms with Crippen LogP contribution in [0.15, 0.2) is 18.2 Å². The molecule has 2 aliphatic carbocycles. The van der Waals surface area contributed by atoms with E-state index >= 15 is 0 Å². The quantitative estimate of drug-likeness (QED) is 0.883. The van der Waals surface area contributed by atoms with Crippen LogP contribution in [0.1, 0.15) is 50.2 Å². The Balaban J connectivity index is 1.93. The van der Waals surface area contributed by atoms with Gasteiger partial charge in [0.1, 0.15) is 5.75 Å². The second kappa shape index (κ2) is 4.27. The molecule has 2 aliphatic rings. The normalized spacial score (nSPS) is 23.3. The maximum Gasteiger partial charge on any atom is 0.123 e. The third kappa shape index (κ3) is 1.93. The molecule has 1 aromatic carbocycles. The summed E-state index contributed by atoms with van der Waals surface area (Å²) in [5.41, 5.74) is 9.05. The molecular formula is C16H23NO. The molecule has 2 nitrogen and oxygen atoms in total. The molecule has 1 atom stereocenters. The van der Waals surface area contributed by atoms with Gasteiger partial charge in [-0.1, -0.05) is 17.7 Å². The minimum absolute atomic E-state index is 0.186. The van der Waals surface area contributed by atoms with Gasteiger partial charge in [0, 0.05) is 17.0 Å². The van der Waals surface area contributed by atoms with Gasteiger partial charge in [0.15, 0.2) is 0 Å². The Morgan fingerprint density at radius 3 is 2.56 bits per heavy atom. The highest BCUT2D eigenvalue weighted by atomic mass is 16.5. The van der Waals surface area contributed by atoms with Gasteiger partial charge in [-0.2, -0.15) is 0 Å². The van der Waals surface area contributed by atoms with Crippen LogP contribution >= 0.6 is 0 Å². The molecule has 18 heavy (non-hydrogen) atoms. The van der Waals surface area contributed by atoms with Crippen molar-refractivity contribution in [3.05, 3.63) is 29.3 Å². The highest BCUT2D eigenvalue weighted by Crippen LogP contribution is 2.53. The van der Waals surface area contributed by atoms with E-state index in [9.17, 15) is 0 Å². The third-order valence-electron chi connectivity index (χ3n) is 4.68. The summed E-state index contributed by atoms with van der Waals surface area (Å²) in [4.78, 5) is 0. The first-order valence-corrected chi connectivity index (χ1v) is 7.15. The van der Waals surface area contributed by atoms with Crippen LogP contribution in [-0.2, 0) is 5.41 Å². The lowest BCUT2D eigenvalue weighted by atomic mass is 9.87. The molecule has 2 heteroatoms. The lowest BCUT2D eigenvalue weighted by molar-refractivity contribution is 0.118. The number of nitrogens with two attached hydrogens (primary N) is 1. The summed E-state index contributed by atoms with van der Waals surface area (Å²) < 4.78 is 6.16. The molecule has 0 amide bonds. The maximum absolute atomic E-state index is 6.21. The summed E-state index contributed by atoms with van der Waals surface area (Å²) in [6.07, 6.45) is 6.57. The van der Waals surface area contributed by atoms with Crippen LogP contribution in [0, 0.1) is 6.92 Å². The first-order chi connectivity index (χ1) is 8.62. The van der Waals surface area contributed by atoms with Gasteiger partial charge in [-0.05, 0) is 52.0 Å². The van der Waals surface area contributed by atoms with E-state index in [1.54, 1.807) is 0 Å². The average Bonchev–Trinajstić information content (AvgIpc) is 3.06. The molecular weight excluding hydrogens is 222 g/mol. The Kier molecular flexibility index (Phi) is 2.86. The fourth-order valence-electron chi connectivity index (χ4n) is 2.91. The minimum Gasteiger partial charge on any atom is -0.490 e. The summed E-state index contributed by atoms with van der Waals surface area (Å²) in [7, 11) is 0. The Morgan fingerprint density at radius 2 is 2.06 bits per heavy atom. The summed E-state index contributed by atoms with van der Waals surface area (Å²) in [6.45, 7) is 4.27. The van der Waals surface area contributed by atoms with Crippen LogP contribution in [0.5, 0.6) is 5.75 Å². The van der Waals surface area contributed by atoms with Gasteiger partial charge in [0.05, 0.1) is 6.10 Å². The number of hydrogen-bond donors (Lipinski definition) is 1. The number of hydrogen-bond acceptors (Lipinski definition) is 2. The Hall–Kier alpha value is -1.02. The van der Waals surface area contributed by atoms with Crippen LogP contribution in [0.2, 0.25) is 0 Å². The van der Waals surface area contributed by atoms with Gasteiger partial charge in [0.2, 0.25) is 0 Å². The molecule has 2 saturated carbocycles.